The molecule has 66 heavy (non-hydrogen) atoms. The van der Waals surface area contributed by atoms with E-state index in [1.165, 1.54) is 167 Å². The number of nitrogens with zero attached hydrogens (tertiary/aromatic N) is 2. The van der Waals surface area contributed by atoms with Crippen LogP contribution in [-0.2, 0) is 32.9 Å². The van der Waals surface area contributed by atoms with Crippen LogP contribution in [0.4, 0.5) is 0 Å². The van der Waals surface area contributed by atoms with Gasteiger partial charge in [-0.05, 0) is 106 Å². The summed E-state index contributed by atoms with van der Waals surface area (Å²) in [6, 6.07) is 32.2. The first-order chi connectivity index (χ1) is 31.3. The van der Waals surface area contributed by atoms with Gasteiger partial charge in [0.2, 0.25) is 0 Å². The third kappa shape index (κ3) is 10.4. The van der Waals surface area contributed by atoms with E-state index in [0.29, 0.717) is 0 Å². The van der Waals surface area contributed by atoms with Gasteiger partial charge in [-0.2, -0.15) is 31.0 Å². The topological polar surface area (TPSA) is 7.76 Å². The molecule has 2 nitrogen and oxygen atoms in total. The quantitative estimate of drug-likeness (QED) is 0.0773. The van der Waals surface area contributed by atoms with E-state index in [0.717, 1.165) is 34.6 Å². The Morgan fingerprint density at radius 2 is 1.23 bits per heavy atom. The summed E-state index contributed by atoms with van der Waals surface area (Å²) in [5.74, 6) is 2.42. The van der Waals surface area contributed by atoms with Crippen LogP contribution >= 0.6 is 11.3 Å². The van der Waals surface area contributed by atoms with E-state index >= 15 is 0 Å². The van der Waals surface area contributed by atoms with Gasteiger partial charge in [0.05, 0.1) is 31.9 Å². The molecule has 10 rings (SSSR count). The number of benzene rings is 4. The zero-order chi connectivity index (χ0) is 45.4. The van der Waals surface area contributed by atoms with Crippen LogP contribution in [0.2, 0.25) is 19.6 Å². The number of aryl methyl sites for hydroxylation is 2. The van der Waals surface area contributed by atoms with Gasteiger partial charge in [0.1, 0.15) is 0 Å². The first-order valence-electron chi connectivity index (χ1n) is 24.9. The van der Waals surface area contributed by atoms with Crippen molar-refractivity contribution in [2.24, 2.45) is 11.8 Å². The molecule has 3 aromatic heterocycles. The zero-order valence-corrected chi connectivity index (χ0v) is 44.8. The largest absolute Gasteiger partial charge is 0.343 e. The van der Waals surface area contributed by atoms with Crippen molar-refractivity contribution in [3.05, 3.63) is 164 Å². The number of thiophene rings is 1. The van der Waals surface area contributed by atoms with Gasteiger partial charge in [-0.15, -0.1) is 46.2 Å². The summed E-state index contributed by atoms with van der Waals surface area (Å²) in [7, 11) is 7.28. The van der Waals surface area contributed by atoms with Crippen LogP contribution in [0.15, 0.2) is 97.3 Å². The molecule has 3 heterocycles. The summed E-state index contributed by atoms with van der Waals surface area (Å²) in [6.07, 6.45) is 24.8. The Hall–Kier alpha value is -4.25. The number of hydrogen-bond donors (Lipinski definition) is 0. The Bertz CT molecular complexity index is 2810. The molecule has 0 saturated heterocycles. The van der Waals surface area contributed by atoms with Gasteiger partial charge in [0.15, 0.2) is 0 Å². The maximum atomic E-state index is 4.47. The van der Waals surface area contributed by atoms with Gasteiger partial charge >= 0.3 is 0 Å². The minimum atomic E-state index is -1.43. The maximum absolute atomic E-state index is 4.47. The average molecular weight is 1090 g/mol. The van der Waals surface area contributed by atoms with Gasteiger partial charge in [0.25, 0.3) is 0 Å². The standard InChI is InChI=1S/C33H32NS.C28H40NSi.Ir/c1-21-8-7-9-22(2)33(21)26-12-13-27-29-20-28(23(3)16-31(29)35-32(27)19-26)30-18-25(14-15-34(30)4)17-24-10-5-6-11-24;1-21-17-24(23-13-7-6-8-14-23)15-16-26(21)27-19-25(18-22-11-9-10-12-22)28(20-29(27)2)30(3,4)5;/h7-9,12-16,18-20,24H,3-6,10-11,17H2,1-2H3;15-17,19-20,22-23H,1-2,6-14,18H2,3-5H3;/q2*-1;. The Kier molecular flexibility index (Phi) is 15.0. The minimum absolute atomic E-state index is 0. The fourth-order valence-electron chi connectivity index (χ4n) is 11.8. The van der Waals surface area contributed by atoms with E-state index < -0.39 is 8.07 Å². The van der Waals surface area contributed by atoms with E-state index in [9.17, 15) is 0 Å². The molecule has 7 aromatic rings. The van der Waals surface area contributed by atoms with E-state index in [1.54, 1.807) is 10.8 Å². The van der Waals surface area contributed by atoms with E-state index in [4.69, 9.17) is 0 Å². The van der Waals surface area contributed by atoms with Crippen molar-refractivity contribution in [1.29, 1.82) is 0 Å². The van der Waals surface area contributed by atoms with Gasteiger partial charge in [-0.1, -0.05) is 156 Å². The van der Waals surface area contributed by atoms with Crippen LogP contribution in [0, 0.1) is 53.6 Å². The molecule has 0 unspecified atom stereocenters. The smallest absolute Gasteiger partial charge is 0.0709 e. The molecule has 1 radical (unpaired) electrons. The number of hydrogen-bond acceptors (Lipinski definition) is 1. The first kappa shape index (κ1) is 48.2. The van der Waals surface area contributed by atoms with Crippen LogP contribution in [-0.4, -0.2) is 8.07 Å². The number of aromatic nitrogens is 2. The fraction of sp³-hybridized carbons (Fsp3) is 0.377. The van der Waals surface area contributed by atoms with E-state index in [-0.39, 0.29) is 20.1 Å². The Morgan fingerprint density at radius 1 is 0.606 bits per heavy atom. The molecule has 0 aliphatic heterocycles. The SMILES string of the molecule is [CH2-]c1cc(C2CCCCC2)ccc1-c1cc(CC2CCCC2)c([Si](C)(C)C)c[n+]1[CH2-].[CH2-]c1cc2sc3cc(-c4c(C)cccc4C)ccc3c2cc1-c1cc(CC2CCCC2)cc[n+]1[CH2-].[Ir]. The summed E-state index contributed by atoms with van der Waals surface area (Å²) < 4.78 is 6.75. The fourth-order valence-corrected chi connectivity index (χ4v) is 14.7. The average Bonchev–Trinajstić information content (AvgIpc) is 4.07. The third-order valence-corrected chi connectivity index (χ3v) is 18.5. The molecular formula is C61H72IrN2SSi-2. The van der Waals surface area contributed by atoms with Crippen LogP contribution < -0.4 is 14.3 Å². The van der Waals surface area contributed by atoms with Crippen molar-refractivity contribution in [2.45, 2.75) is 136 Å². The Morgan fingerprint density at radius 3 is 1.89 bits per heavy atom. The molecule has 4 aromatic carbocycles. The minimum Gasteiger partial charge on any atom is -0.343 e. The van der Waals surface area contributed by atoms with Crippen LogP contribution in [0.3, 0.4) is 0 Å². The monoisotopic (exact) mass is 1090 g/mol. The van der Waals surface area contributed by atoms with Crippen molar-refractivity contribution in [3.8, 4) is 33.6 Å². The molecule has 0 bridgehead atoms. The van der Waals surface area contributed by atoms with E-state index in [2.05, 4.69) is 163 Å². The molecule has 3 saturated carbocycles. The number of rotatable bonds is 9. The Labute approximate surface area is 416 Å². The van der Waals surface area contributed by atoms with E-state index in [1.807, 2.05) is 15.9 Å². The van der Waals surface area contributed by atoms with Crippen molar-refractivity contribution in [2.75, 3.05) is 0 Å². The first-order valence-corrected chi connectivity index (χ1v) is 29.2. The molecule has 347 valence electrons. The van der Waals surface area contributed by atoms with Crippen molar-refractivity contribution in [1.82, 2.24) is 0 Å². The summed E-state index contributed by atoms with van der Waals surface area (Å²) in [5.41, 5.74) is 16.8. The van der Waals surface area contributed by atoms with Crippen molar-refractivity contribution < 1.29 is 29.2 Å². The predicted molar refractivity (Wildman–Crippen MR) is 283 cm³/mol. The van der Waals surface area contributed by atoms with Gasteiger partial charge in [-0.3, -0.25) is 0 Å². The third-order valence-electron chi connectivity index (χ3n) is 15.4. The van der Waals surface area contributed by atoms with Gasteiger partial charge in [0, 0.05) is 38.9 Å². The maximum Gasteiger partial charge on any atom is 0.0709 e. The van der Waals surface area contributed by atoms with Crippen LogP contribution in [0.25, 0.3) is 53.8 Å². The molecule has 0 amide bonds. The van der Waals surface area contributed by atoms with Crippen molar-refractivity contribution in [3.63, 3.8) is 0 Å². The molecule has 3 fully saturated rings. The number of pyridine rings is 2. The van der Waals surface area contributed by atoms with Gasteiger partial charge < -0.3 is 9.13 Å². The van der Waals surface area contributed by atoms with Crippen LogP contribution in [0.5, 0.6) is 0 Å². The zero-order valence-electron chi connectivity index (χ0n) is 40.5. The second kappa shape index (κ2) is 20.5. The van der Waals surface area contributed by atoms with Crippen LogP contribution in [0.1, 0.15) is 128 Å². The number of fused-ring (bicyclic) bond motifs is 3. The molecule has 3 aliphatic rings. The summed E-state index contributed by atoms with van der Waals surface area (Å²) in [4.78, 5) is 0. The predicted octanol–water partition coefficient (Wildman–Crippen LogP) is 15.6. The van der Waals surface area contributed by atoms with Crippen molar-refractivity contribution >= 4 is 44.8 Å². The summed E-state index contributed by atoms with van der Waals surface area (Å²) in [6.45, 7) is 20.7. The molecule has 0 atom stereocenters. The summed E-state index contributed by atoms with van der Waals surface area (Å²) in [5, 5.41) is 4.21. The second-order valence-corrected chi connectivity index (χ2v) is 27.4. The molecule has 5 heteroatoms. The Balaban J connectivity index is 0.000000179. The molecule has 3 aliphatic carbocycles. The summed E-state index contributed by atoms with van der Waals surface area (Å²) >= 11 is 1.87. The molecular weight excluding hydrogens is 1010 g/mol. The van der Waals surface area contributed by atoms with Gasteiger partial charge in [-0.25, -0.2) is 0 Å². The molecule has 0 spiro atoms. The normalized spacial score (nSPS) is 16.1. The second-order valence-electron chi connectivity index (χ2n) is 21.3. The molecule has 0 N–H and O–H groups in total.